The lowest BCUT2D eigenvalue weighted by atomic mass is 10.0. The van der Waals surface area contributed by atoms with Crippen LogP contribution in [0, 0.1) is 5.82 Å². The van der Waals surface area contributed by atoms with Gasteiger partial charge in [-0.15, -0.1) is 0 Å². The second-order valence-corrected chi connectivity index (χ2v) is 7.01. The van der Waals surface area contributed by atoms with Crippen LogP contribution < -0.4 is 0 Å². The first-order valence-corrected chi connectivity index (χ1v) is 9.62. The molecule has 2 amide bonds. The van der Waals surface area contributed by atoms with Crippen LogP contribution in [0.15, 0.2) is 78.9 Å². The zero-order chi connectivity index (χ0) is 20.2. The van der Waals surface area contributed by atoms with Gasteiger partial charge in [-0.2, -0.15) is 0 Å². The van der Waals surface area contributed by atoms with Crippen molar-refractivity contribution in [3.8, 4) is 11.1 Å². The number of hydrogen-bond donors (Lipinski definition) is 0. The summed E-state index contributed by atoms with van der Waals surface area (Å²) in [5, 5.41) is 0. The van der Waals surface area contributed by atoms with Gasteiger partial charge < -0.3 is 9.80 Å². The molecule has 4 nitrogen and oxygen atoms in total. The van der Waals surface area contributed by atoms with Gasteiger partial charge in [-0.25, -0.2) is 4.39 Å². The molecule has 1 aliphatic heterocycles. The van der Waals surface area contributed by atoms with Crippen LogP contribution in [0.25, 0.3) is 11.1 Å². The molecule has 0 aliphatic carbocycles. The van der Waals surface area contributed by atoms with Crippen LogP contribution in [0.3, 0.4) is 0 Å². The molecule has 3 aromatic carbocycles. The van der Waals surface area contributed by atoms with E-state index < -0.39 is 5.82 Å². The van der Waals surface area contributed by atoms with Crippen molar-refractivity contribution in [2.75, 3.05) is 26.2 Å². The van der Waals surface area contributed by atoms with Gasteiger partial charge >= 0.3 is 0 Å². The van der Waals surface area contributed by atoms with Crippen LogP contribution in [0.4, 0.5) is 4.39 Å². The highest BCUT2D eigenvalue weighted by Crippen LogP contribution is 2.21. The van der Waals surface area contributed by atoms with E-state index in [4.69, 9.17) is 0 Å². The van der Waals surface area contributed by atoms with Crippen molar-refractivity contribution < 1.29 is 14.0 Å². The largest absolute Gasteiger partial charge is 0.335 e. The average molecular weight is 388 g/mol. The molecule has 3 aromatic rings. The maximum atomic E-state index is 13.9. The number of hydrogen-bond acceptors (Lipinski definition) is 2. The summed E-state index contributed by atoms with van der Waals surface area (Å²) in [7, 11) is 0. The number of carbonyl (C=O) groups excluding carboxylic acids is 2. The van der Waals surface area contributed by atoms with Gasteiger partial charge in [-0.05, 0) is 35.4 Å². The molecular weight excluding hydrogens is 367 g/mol. The molecule has 0 bridgehead atoms. The van der Waals surface area contributed by atoms with Crippen LogP contribution in [0.2, 0.25) is 0 Å². The van der Waals surface area contributed by atoms with E-state index in [1.807, 2.05) is 54.6 Å². The second kappa shape index (κ2) is 8.27. The van der Waals surface area contributed by atoms with E-state index in [9.17, 15) is 14.0 Å². The molecule has 146 valence electrons. The number of rotatable bonds is 3. The van der Waals surface area contributed by atoms with E-state index in [0.29, 0.717) is 31.7 Å². The van der Waals surface area contributed by atoms with Crippen LogP contribution in [-0.4, -0.2) is 47.8 Å². The van der Waals surface area contributed by atoms with Crippen LogP contribution in [-0.2, 0) is 0 Å². The predicted molar refractivity (Wildman–Crippen MR) is 110 cm³/mol. The van der Waals surface area contributed by atoms with E-state index in [2.05, 4.69) is 0 Å². The van der Waals surface area contributed by atoms with Gasteiger partial charge in [0.15, 0.2) is 0 Å². The Labute approximate surface area is 169 Å². The molecule has 0 N–H and O–H groups in total. The predicted octanol–water partition coefficient (Wildman–Crippen LogP) is 4.09. The van der Waals surface area contributed by atoms with Crippen LogP contribution in [0.1, 0.15) is 20.7 Å². The van der Waals surface area contributed by atoms with Gasteiger partial charge in [0, 0.05) is 31.7 Å². The molecule has 0 spiro atoms. The first-order valence-electron chi connectivity index (χ1n) is 9.62. The molecule has 0 aromatic heterocycles. The Balaban J connectivity index is 1.43. The quantitative estimate of drug-likeness (QED) is 0.678. The minimum atomic E-state index is -0.520. The summed E-state index contributed by atoms with van der Waals surface area (Å²) in [6, 6.07) is 23.5. The van der Waals surface area contributed by atoms with Gasteiger partial charge in [0.25, 0.3) is 11.8 Å². The van der Waals surface area contributed by atoms with E-state index in [1.54, 1.807) is 21.9 Å². The Morgan fingerprint density at radius 3 is 1.93 bits per heavy atom. The average Bonchev–Trinajstić information content (AvgIpc) is 2.79. The lowest BCUT2D eigenvalue weighted by Crippen LogP contribution is -2.50. The molecule has 4 rings (SSSR count). The summed E-state index contributed by atoms with van der Waals surface area (Å²) in [6.45, 7) is 1.62. The van der Waals surface area contributed by atoms with Crippen LogP contribution in [0.5, 0.6) is 0 Å². The van der Waals surface area contributed by atoms with Gasteiger partial charge in [0.05, 0.1) is 5.56 Å². The molecule has 1 saturated heterocycles. The number of nitrogens with zero attached hydrogens (tertiary/aromatic N) is 2. The fraction of sp³-hybridized carbons (Fsp3) is 0.167. The Kier molecular flexibility index (Phi) is 5.38. The van der Waals surface area contributed by atoms with E-state index >= 15 is 0 Å². The number of piperazine rings is 1. The maximum Gasteiger partial charge on any atom is 0.256 e. The summed E-state index contributed by atoms with van der Waals surface area (Å²) in [5.74, 6) is -0.907. The fourth-order valence-electron chi connectivity index (χ4n) is 3.56. The lowest BCUT2D eigenvalue weighted by Gasteiger charge is -2.35. The highest BCUT2D eigenvalue weighted by atomic mass is 19.1. The maximum absolute atomic E-state index is 13.9. The third-order valence-corrected chi connectivity index (χ3v) is 5.18. The standard InChI is InChI=1S/C24H21FN2O2/c25-22-12-5-4-11-21(22)24(29)27-15-13-26(14-16-27)23(28)20-10-6-9-19(17-20)18-7-2-1-3-8-18/h1-12,17H,13-16H2. The number of halogens is 1. The highest BCUT2D eigenvalue weighted by molar-refractivity contribution is 5.96. The highest BCUT2D eigenvalue weighted by Gasteiger charge is 2.26. The van der Waals surface area contributed by atoms with Crippen molar-refractivity contribution in [2.45, 2.75) is 0 Å². The number of carbonyl (C=O) groups is 2. The normalized spacial score (nSPS) is 14.0. The van der Waals surface area contributed by atoms with Crippen molar-refractivity contribution >= 4 is 11.8 Å². The Morgan fingerprint density at radius 1 is 0.655 bits per heavy atom. The van der Waals surface area contributed by atoms with Gasteiger partial charge in [0.2, 0.25) is 0 Å². The van der Waals surface area contributed by atoms with Gasteiger partial charge in [-0.3, -0.25) is 9.59 Å². The summed E-state index contributed by atoms with van der Waals surface area (Å²) in [5.41, 5.74) is 2.75. The number of amides is 2. The van der Waals surface area contributed by atoms with E-state index in [-0.39, 0.29) is 17.4 Å². The number of benzene rings is 3. The van der Waals surface area contributed by atoms with Gasteiger partial charge in [-0.1, -0.05) is 54.6 Å². The monoisotopic (exact) mass is 388 g/mol. The molecule has 0 saturated carbocycles. The second-order valence-electron chi connectivity index (χ2n) is 7.01. The van der Waals surface area contributed by atoms with Crippen molar-refractivity contribution in [1.29, 1.82) is 0 Å². The molecule has 0 unspecified atom stereocenters. The summed E-state index contributed by atoms with van der Waals surface area (Å²) >= 11 is 0. The van der Waals surface area contributed by atoms with Crippen molar-refractivity contribution in [2.24, 2.45) is 0 Å². The molecule has 1 aliphatic rings. The molecule has 0 radical (unpaired) electrons. The minimum Gasteiger partial charge on any atom is -0.335 e. The Hall–Kier alpha value is -3.47. The SMILES string of the molecule is O=C(c1cccc(-c2ccccc2)c1)N1CCN(C(=O)c2ccccc2F)CC1. The molecule has 1 heterocycles. The Bertz CT molecular complexity index is 1030. The minimum absolute atomic E-state index is 0.0548. The first-order chi connectivity index (χ1) is 14.1. The topological polar surface area (TPSA) is 40.6 Å². The fourth-order valence-corrected chi connectivity index (χ4v) is 3.56. The van der Waals surface area contributed by atoms with Gasteiger partial charge in [0.1, 0.15) is 5.82 Å². The molecule has 29 heavy (non-hydrogen) atoms. The zero-order valence-corrected chi connectivity index (χ0v) is 15.9. The summed E-state index contributed by atoms with van der Waals surface area (Å²) in [6.07, 6.45) is 0. The zero-order valence-electron chi connectivity index (χ0n) is 15.9. The molecule has 5 heteroatoms. The van der Waals surface area contributed by atoms with E-state index in [1.165, 1.54) is 12.1 Å². The smallest absolute Gasteiger partial charge is 0.256 e. The lowest BCUT2D eigenvalue weighted by molar-refractivity contribution is 0.0533. The third-order valence-electron chi connectivity index (χ3n) is 5.18. The molecule has 1 fully saturated rings. The van der Waals surface area contributed by atoms with Crippen molar-refractivity contribution in [3.05, 3.63) is 95.8 Å². The van der Waals surface area contributed by atoms with E-state index in [0.717, 1.165) is 11.1 Å². The van der Waals surface area contributed by atoms with Crippen molar-refractivity contribution in [1.82, 2.24) is 9.80 Å². The molecular formula is C24H21FN2O2. The molecule has 0 atom stereocenters. The van der Waals surface area contributed by atoms with Crippen molar-refractivity contribution in [3.63, 3.8) is 0 Å². The first kappa shape index (κ1) is 18.9. The van der Waals surface area contributed by atoms with Crippen LogP contribution >= 0.6 is 0 Å². The third kappa shape index (κ3) is 4.04. The summed E-state index contributed by atoms with van der Waals surface area (Å²) < 4.78 is 13.9. The summed E-state index contributed by atoms with van der Waals surface area (Å²) in [4.78, 5) is 28.8. The Morgan fingerprint density at radius 2 is 1.24 bits per heavy atom.